The van der Waals surface area contributed by atoms with E-state index >= 15 is 0 Å². The molecular formula is C26H22ClN5O2. The number of carbonyl (C=O) groups is 1. The van der Waals surface area contributed by atoms with Gasteiger partial charge in [-0.15, -0.1) is 0 Å². The fraction of sp³-hybridized carbons (Fsp3) is 0.115. The normalized spacial score (nSPS) is 15.2. The van der Waals surface area contributed by atoms with Crippen molar-refractivity contribution in [3.63, 3.8) is 0 Å². The third-order valence-corrected chi connectivity index (χ3v) is 6.12. The third kappa shape index (κ3) is 3.80. The molecule has 7 nitrogen and oxygen atoms in total. The van der Waals surface area contributed by atoms with E-state index in [1.54, 1.807) is 34.6 Å². The van der Waals surface area contributed by atoms with Gasteiger partial charge in [-0.3, -0.25) is 14.3 Å². The molecule has 170 valence electrons. The van der Waals surface area contributed by atoms with E-state index in [0.717, 1.165) is 11.3 Å². The number of hydrogen-bond donors (Lipinski definition) is 2. The molecule has 0 spiro atoms. The van der Waals surface area contributed by atoms with Gasteiger partial charge >= 0.3 is 0 Å². The van der Waals surface area contributed by atoms with Gasteiger partial charge in [0.15, 0.2) is 6.17 Å². The summed E-state index contributed by atoms with van der Waals surface area (Å²) in [6.45, 7) is 1.83. The number of fused-ring (bicyclic) bond motifs is 1. The fourth-order valence-electron chi connectivity index (χ4n) is 4.07. The Morgan fingerprint density at radius 2 is 1.65 bits per heavy atom. The van der Waals surface area contributed by atoms with E-state index < -0.39 is 6.17 Å². The summed E-state index contributed by atoms with van der Waals surface area (Å²) in [6.07, 6.45) is -1.03. The Morgan fingerprint density at radius 1 is 0.971 bits per heavy atom. The summed E-state index contributed by atoms with van der Waals surface area (Å²) >= 11 is 6.28. The van der Waals surface area contributed by atoms with Crippen LogP contribution in [-0.4, -0.2) is 27.1 Å². The highest BCUT2D eigenvalue weighted by Gasteiger charge is 2.28. The zero-order chi connectivity index (χ0) is 23.8. The van der Waals surface area contributed by atoms with Crippen LogP contribution < -0.4 is 16.2 Å². The van der Waals surface area contributed by atoms with E-state index in [1.807, 2.05) is 67.6 Å². The summed E-state index contributed by atoms with van der Waals surface area (Å²) in [5.41, 5.74) is 4.21. The van der Waals surface area contributed by atoms with Gasteiger partial charge < -0.3 is 10.6 Å². The number of amides is 1. The number of halogens is 1. The van der Waals surface area contributed by atoms with E-state index in [0.29, 0.717) is 33.4 Å². The zero-order valence-electron chi connectivity index (χ0n) is 18.6. The first-order valence-electron chi connectivity index (χ1n) is 10.8. The first-order chi connectivity index (χ1) is 16.4. The minimum absolute atomic E-state index is 0.264. The molecule has 0 saturated carbocycles. The lowest BCUT2D eigenvalue weighted by atomic mass is 10.0. The maximum atomic E-state index is 13.4. The van der Waals surface area contributed by atoms with Crippen molar-refractivity contribution in [3.8, 4) is 5.69 Å². The molecule has 2 N–H and O–H groups in total. The van der Waals surface area contributed by atoms with Crippen LogP contribution in [0.25, 0.3) is 5.69 Å². The van der Waals surface area contributed by atoms with Crippen LogP contribution in [0.3, 0.4) is 0 Å². The van der Waals surface area contributed by atoms with E-state index in [4.69, 9.17) is 16.6 Å². The highest BCUT2D eigenvalue weighted by atomic mass is 35.5. The molecule has 1 aliphatic heterocycles. The Labute approximate surface area is 201 Å². The van der Waals surface area contributed by atoms with Gasteiger partial charge in [-0.05, 0) is 37.3 Å². The average Bonchev–Trinajstić information content (AvgIpc) is 2.97. The molecule has 0 radical (unpaired) electrons. The highest BCUT2D eigenvalue weighted by Crippen LogP contribution is 2.28. The second-order valence-corrected chi connectivity index (χ2v) is 8.44. The van der Waals surface area contributed by atoms with Crippen LogP contribution in [0, 0.1) is 6.92 Å². The molecule has 1 aromatic heterocycles. The largest absolute Gasteiger partial charge is 0.350 e. The van der Waals surface area contributed by atoms with E-state index in [-0.39, 0.29) is 11.5 Å². The Hall–Kier alpha value is -4.10. The molecular weight excluding hydrogens is 450 g/mol. The van der Waals surface area contributed by atoms with Crippen molar-refractivity contribution < 1.29 is 4.79 Å². The minimum Gasteiger partial charge on any atom is -0.350 e. The van der Waals surface area contributed by atoms with Gasteiger partial charge in [0.25, 0.3) is 11.5 Å². The fourth-order valence-corrected chi connectivity index (χ4v) is 4.25. The lowest BCUT2D eigenvalue weighted by Gasteiger charge is -2.13. The standard InChI is InChI=1S/C26H22ClN5O2/c1-16-22(26(34)32(31(16)2)19-11-7-4-8-12-19)29-24-25(33)28-21-14-13-18(27)15-20(21)23(30-24)17-9-5-3-6-10-17/h3-15,24,29H,1-2H3,(H,28,33). The van der Waals surface area contributed by atoms with Gasteiger partial charge in [-0.1, -0.05) is 60.1 Å². The van der Waals surface area contributed by atoms with Crippen molar-refractivity contribution in [2.75, 3.05) is 10.6 Å². The molecule has 0 fully saturated rings. The Morgan fingerprint density at radius 3 is 2.35 bits per heavy atom. The van der Waals surface area contributed by atoms with Crippen molar-refractivity contribution >= 4 is 34.6 Å². The topological polar surface area (TPSA) is 80.4 Å². The molecule has 0 bridgehead atoms. The van der Waals surface area contributed by atoms with Gasteiger partial charge in [0.05, 0.1) is 22.8 Å². The van der Waals surface area contributed by atoms with Crippen LogP contribution in [0.5, 0.6) is 0 Å². The van der Waals surface area contributed by atoms with E-state index in [1.165, 1.54) is 0 Å². The van der Waals surface area contributed by atoms with Crippen LogP contribution in [0.2, 0.25) is 5.02 Å². The Kier molecular flexibility index (Phi) is 5.55. The average molecular weight is 472 g/mol. The maximum Gasteiger partial charge on any atom is 0.295 e. The van der Waals surface area contributed by atoms with Gasteiger partial charge in [0.2, 0.25) is 0 Å². The quantitative estimate of drug-likeness (QED) is 0.464. The summed E-state index contributed by atoms with van der Waals surface area (Å²) in [5, 5.41) is 6.56. The number of benzene rings is 3. The number of anilines is 2. The summed E-state index contributed by atoms with van der Waals surface area (Å²) < 4.78 is 3.31. The van der Waals surface area contributed by atoms with Crippen molar-refractivity contribution in [2.24, 2.45) is 12.0 Å². The van der Waals surface area contributed by atoms with Crippen molar-refractivity contribution in [3.05, 3.63) is 111 Å². The van der Waals surface area contributed by atoms with E-state index in [2.05, 4.69) is 10.6 Å². The number of carbonyl (C=O) groups excluding carboxylic acids is 1. The van der Waals surface area contributed by atoms with Crippen LogP contribution >= 0.6 is 11.6 Å². The van der Waals surface area contributed by atoms with Crippen LogP contribution in [0.15, 0.2) is 88.6 Å². The van der Waals surface area contributed by atoms with E-state index in [9.17, 15) is 9.59 Å². The molecule has 2 heterocycles. The molecule has 1 unspecified atom stereocenters. The zero-order valence-corrected chi connectivity index (χ0v) is 19.4. The van der Waals surface area contributed by atoms with Crippen LogP contribution in [0.4, 0.5) is 11.4 Å². The van der Waals surface area contributed by atoms with Crippen LogP contribution in [-0.2, 0) is 11.8 Å². The maximum absolute atomic E-state index is 13.4. The lowest BCUT2D eigenvalue weighted by Crippen LogP contribution is -2.34. The second-order valence-electron chi connectivity index (χ2n) is 8.01. The number of hydrogen-bond acceptors (Lipinski definition) is 4. The number of aromatic nitrogens is 2. The van der Waals surface area contributed by atoms with Crippen molar-refractivity contribution in [1.29, 1.82) is 0 Å². The Balaban J connectivity index is 1.62. The van der Waals surface area contributed by atoms with Gasteiger partial charge in [-0.25, -0.2) is 9.67 Å². The van der Waals surface area contributed by atoms with Crippen molar-refractivity contribution in [1.82, 2.24) is 9.36 Å². The SMILES string of the molecule is Cc1c(NC2N=C(c3ccccc3)c3cc(Cl)ccc3NC2=O)c(=O)n(-c2ccccc2)n1C. The predicted molar refractivity (Wildman–Crippen MR) is 135 cm³/mol. The lowest BCUT2D eigenvalue weighted by molar-refractivity contribution is -0.116. The summed E-state index contributed by atoms with van der Waals surface area (Å²) in [4.78, 5) is 31.3. The molecule has 3 aromatic carbocycles. The number of aliphatic imine (C=N–C) groups is 1. The summed E-state index contributed by atoms with van der Waals surface area (Å²) in [5.74, 6) is -0.372. The first-order valence-corrected chi connectivity index (χ1v) is 11.2. The minimum atomic E-state index is -1.03. The van der Waals surface area contributed by atoms with Gasteiger partial charge in [-0.2, -0.15) is 0 Å². The number of benzodiazepines with no additional fused rings is 1. The first kappa shape index (κ1) is 21.7. The molecule has 34 heavy (non-hydrogen) atoms. The molecule has 1 amide bonds. The molecule has 5 rings (SSSR count). The number of nitrogens with zero attached hydrogens (tertiary/aromatic N) is 3. The molecule has 1 aliphatic rings. The molecule has 8 heteroatoms. The van der Waals surface area contributed by atoms with Gasteiger partial charge in [0, 0.05) is 23.2 Å². The van der Waals surface area contributed by atoms with Gasteiger partial charge in [0.1, 0.15) is 5.69 Å². The third-order valence-electron chi connectivity index (χ3n) is 5.88. The molecule has 0 aliphatic carbocycles. The second kappa shape index (κ2) is 8.68. The molecule has 0 saturated heterocycles. The number of nitrogens with one attached hydrogen (secondary N) is 2. The Bertz CT molecular complexity index is 1470. The summed E-state index contributed by atoms with van der Waals surface area (Å²) in [6, 6.07) is 24.2. The molecule has 4 aromatic rings. The summed E-state index contributed by atoms with van der Waals surface area (Å²) in [7, 11) is 1.80. The molecule has 1 atom stereocenters. The van der Waals surface area contributed by atoms with Crippen molar-refractivity contribution in [2.45, 2.75) is 13.1 Å². The monoisotopic (exact) mass is 471 g/mol. The number of rotatable bonds is 4. The van der Waals surface area contributed by atoms with Crippen LogP contribution in [0.1, 0.15) is 16.8 Å². The smallest absolute Gasteiger partial charge is 0.295 e. The number of para-hydroxylation sites is 1. The highest BCUT2D eigenvalue weighted by molar-refractivity contribution is 6.32. The predicted octanol–water partition coefficient (Wildman–Crippen LogP) is 4.37.